The normalized spacial score (nSPS) is 10.9. The number of hydrogen-bond donors (Lipinski definition) is 2. The molecule has 0 saturated carbocycles. The van der Waals surface area contributed by atoms with Gasteiger partial charge in [0.1, 0.15) is 5.75 Å². The standard InChI is InChI=1S/C13H11N3OS/c17-10-3-1-9(2-4-10)8-18-13-15-11-5-6-14-7-12(11)16-13/h1-7,17H,8H2,(H,15,16). The first-order chi connectivity index (χ1) is 8.81. The Hall–Kier alpha value is -2.01. The monoisotopic (exact) mass is 257 g/mol. The van der Waals surface area contributed by atoms with Crippen molar-refractivity contribution in [2.24, 2.45) is 0 Å². The molecule has 0 fully saturated rings. The van der Waals surface area contributed by atoms with Gasteiger partial charge < -0.3 is 10.1 Å². The molecule has 2 aromatic heterocycles. The van der Waals surface area contributed by atoms with Gasteiger partial charge in [-0.3, -0.25) is 4.98 Å². The topological polar surface area (TPSA) is 61.8 Å². The summed E-state index contributed by atoms with van der Waals surface area (Å²) in [7, 11) is 0. The molecule has 2 heterocycles. The van der Waals surface area contributed by atoms with Crippen LogP contribution >= 0.6 is 11.8 Å². The van der Waals surface area contributed by atoms with Crippen LogP contribution < -0.4 is 0 Å². The summed E-state index contributed by atoms with van der Waals surface area (Å²) in [6.45, 7) is 0. The maximum atomic E-state index is 9.20. The molecule has 1 aromatic carbocycles. The minimum Gasteiger partial charge on any atom is -0.508 e. The number of aromatic nitrogens is 3. The first kappa shape index (κ1) is 11.1. The Morgan fingerprint density at radius 1 is 1.17 bits per heavy atom. The van der Waals surface area contributed by atoms with Crippen LogP contribution in [0.5, 0.6) is 5.75 Å². The van der Waals surface area contributed by atoms with Crippen molar-refractivity contribution in [1.82, 2.24) is 15.0 Å². The summed E-state index contributed by atoms with van der Waals surface area (Å²) in [4.78, 5) is 11.7. The molecule has 0 unspecified atom stereocenters. The van der Waals surface area contributed by atoms with E-state index in [2.05, 4.69) is 15.0 Å². The minimum absolute atomic E-state index is 0.290. The van der Waals surface area contributed by atoms with E-state index in [1.807, 2.05) is 18.2 Å². The predicted octanol–water partition coefficient (Wildman–Crippen LogP) is 2.96. The molecule has 0 bridgehead atoms. The zero-order valence-electron chi connectivity index (χ0n) is 9.50. The van der Waals surface area contributed by atoms with E-state index in [9.17, 15) is 5.11 Å². The molecule has 0 spiro atoms. The fourth-order valence-corrected chi connectivity index (χ4v) is 2.49. The third kappa shape index (κ3) is 2.31. The Morgan fingerprint density at radius 3 is 2.78 bits per heavy atom. The fraction of sp³-hybridized carbons (Fsp3) is 0.0769. The molecular formula is C13H11N3OS. The molecule has 18 heavy (non-hydrogen) atoms. The van der Waals surface area contributed by atoms with Crippen LogP contribution in [0.3, 0.4) is 0 Å². The molecule has 5 heteroatoms. The van der Waals surface area contributed by atoms with E-state index in [1.54, 1.807) is 36.3 Å². The second-order valence-corrected chi connectivity index (χ2v) is 4.85. The highest BCUT2D eigenvalue weighted by Gasteiger charge is 2.03. The lowest BCUT2D eigenvalue weighted by Crippen LogP contribution is -1.81. The first-order valence-electron chi connectivity index (χ1n) is 5.52. The quantitative estimate of drug-likeness (QED) is 0.708. The Kier molecular flexibility index (Phi) is 2.90. The summed E-state index contributed by atoms with van der Waals surface area (Å²) < 4.78 is 0. The predicted molar refractivity (Wildman–Crippen MR) is 71.6 cm³/mol. The highest BCUT2D eigenvalue weighted by Crippen LogP contribution is 2.23. The molecule has 0 aliphatic heterocycles. The van der Waals surface area contributed by atoms with E-state index in [4.69, 9.17) is 0 Å². The van der Waals surface area contributed by atoms with E-state index in [-0.39, 0.29) is 0 Å². The first-order valence-corrected chi connectivity index (χ1v) is 6.50. The number of aromatic amines is 1. The number of phenolic OH excluding ortho intramolecular Hbond substituents is 1. The molecule has 3 aromatic rings. The lowest BCUT2D eigenvalue weighted by Gasteiger charge is -1.99. The molecule has 0 radical (unpaired) electrons. The van der Waals surface area contributed by atoms with Crippen molar-refractivity contribution in [3.05, 3.63) is 48.3 Å². The number of aromatic hydroxyl groups is 1. The average Bonchev–Trinajstić information content (AvgIpc) is 2.81. The van der Waals surface area contributed by atoms with Gasteiger partial charge >= 0.3 is 0 Å². The second kappa shape index (κ2) is 4.70. The van der Waals surface area contributed by atoms with Crippen LogP contribution in [-0.2, 0) is 5.75 Å². The maximum Gasteiger partial charge on any atom is 0.166 e. The van der Waals surface area contributed by atoms with Crippen molar-refractivity contribution in [2.75, 3.05) is 0 Å². The summed E-state index contributed by atoms with van der Waals surface area (Å²) in [5.41, 5.74) is 3.03. The molecule has 0 saturated heterocycles. The van der Waals surface area contributed by atoms with Crippen molar-refractivity contribution in [3.8, 4) is 5.75 Å². The Morgan fingerprint density at radius 2 is 2.00 bits per heavy atom. The Balaban J connectivity index is 1.74. The molecular weight excluding hydrogens is 246 g/mol. The Labute approximate surface area is 108 Å². The average molecular weight is 257 g/mol. The van der Waals surface area contributed by atoms with Crippen molar-refractivity contribution in [3.63, 3.8) is 0 Å². The van der Waals surface area contributed by atoms with Crippen molar-refractivity contribution in [1.29, 1.82) is 0 Å². The van der Waals surface area contributed by atoms with Gasteiger partial charge in [-0.25, -0.2) is 4.98 Å². The van der Waals surface area contributed by atoms with E-state index in [0.717, 1.165) is 27.5 Å². The fourth-order valence-electron chi connectivity index (χ4n) is 1.65. The minimum atomic E-state index is 0.290. The van der Waals surface area contributed by atoms with Gasteiger partial charge in [-0.15, -0.1) is 0 Å². The third-order valence-electron chi connectivity index (χ3n) is 2.57. The molecule has 4 nitrogen and oxygen atoms in total. The molecule has 0 amide bonds. The van der Waals surface area contributed by atoms with Gasteiger partial charge in [0.05, 0.1) is 17.2 Å². The molecule has 3 rings (SSSR count). The number of nitrogens with zero attached hydrogens (tertiary/aromatic N) is 2. The highest BCUT2D eigenvalue weighted by molar-refractivity contribution is 7.98. The van der Waals surface area contributed by atoms with Crippen LogP contribution in [0, 0.1) is 0 Å². The number of thioether (sulfide) groups is 1. The van der Waals surface area contributed by atoms with Gasteiger partial charge in [0.2, 0.25) is 0 Å². The smallest absolute Gasteiger partial charge is 0.166 e. The van der Waals surface area contributed by atoms with Crippen molar-refractivity contribution < 1.29 is 5.11 Å². The number of rotatable bonds is 3. The van der Waals surface area contributed by atoms with Crippen LogP contribution in [0.25, 0.3) is 11.0 Å². The molecule has 90 valence electrons. The number of fused-ring (bicyclic) bond motifs is 1. The summed E-state index contributed by atoms with van der Waals surface area (Å²) >= 11 is 1.63. The van der Waals surface area contributed by atoms with Gasteiger partial charge in [0.15, 0.2) is 5.16 Å². The lowest BCUT2D eigenvalue weighted by atomic mass is 10.2. The van der Waals surface area contributed by atoms with Gasteiger partial charge in [0.25, 0.3) is 0 Å². The lowest BCUT2D eigenvalue weighted by molar-refractivity contribution is 0.475. The number of H-pyrrole nitrogens is 1. The van der Waals surface area contributed by atoms with E-state index >= 15 is 0 Å². The SMILES string of the molecule is Oc1ccc(CSc2nc3ccncc3[nH]2)cc1. The summed E-state index contributed by atoms with van der Waals surface area (Å²) in [6, 6.07) is 9.09. The summed E-state index contributed by atoms with van der Waals surface area (Å²) in [5.74, 6) is 1.10. The summed E-state index contributed by atoms with van der Waals surface area (Å²) in [6.07, 6.45) is 3.50. The van der Waals surface area contributed by atoms with Gasteiger partial charge in [-0.05, 0) is 23.8 Å². The number of imidazole rings is 1. The molecule has 0 aliphatic carbocycles. The van der Waals surface area contributed by atoms with E-state index < -0.39 is 0 Å². The van der Waals surface area contributed by atoms with Crippen molar-refractivity contribution in [2.45, 2.75) is 10.9 Å². The van der Waals surface area contributed by atoms with Gasteiger partial charge in [-0.1, -0.05) is 23.9 Å². The molecule has 2 N–H and O–H groups in total. The number of pyridine rings is 1. The maximum absolute atomic E-state index is 9.20. The molecule has 0 aliphatic rings. The van der Waals surface area contributed by atoms with Gasteiger partial charge in [0, 0.05) is 11.9 Å². The van der Waals surface area contributed by atoms with Crippen LogP contribution in [0.1, 0.15) is 5.56 Å². The van der Waals surface area contributed by atoms with Crippen LogP contribution in [-0.4, -0.2) is 20.1 Å². The number of phenols is 1. The van der Waals surface area contributed by atoms with Crippen LogP contribution in [0.15, 0.2) is 47.9 Å². The zero-order valence-corrected chi connectivity index (χ0v) is 10.3. The van der Waals surface area contributed by atoms with Crippen LogP contribution in [0.2, 0.25) is 0 Å². The van der Waals surface area contributed by atoms with Crippen molar-refractivity contribution >= 4 is 22.8 Å². The second-order valence-electron chi connectivity index (χ2n) is 3.89. The van der Waals surface area contributed by atoms with E-state index in [1.165, 1.54) is 0 Å². The largest absolute Gasteiger partial charge is 0.508 e. The van der Waals surface area contributed by atoms with Gasteiger partial charge in [-0.2, -0.15) is 0 Å². The Bertz CT molecular complexity index is 630. The number of nitrogens with one attached hydrogen (secondary N) is 1. The summed E-state index contributed by atoms with van der Waals surface area (Å²) in [5, 5.41) is 10.1. The highest BCUT2D eigenvalue weighted by atomic mass is 32.2. The van der Waals surface area contributed by atoms with Crippen LogP contribution in [0.4, 0.5) is 0 Å². The van der Waals surface area contributed by atoms with E-state index in [0.29, 0.717) is 5.75 Å². The number of benzene rings is 1. The number of hydrogen-bond acceptors (Lipinski definition) is 4. The third-order valence-corrected chi connectivity index (χ3v) is 3.52. The zero-order chi connectivity index (χ0) is 12.4. The molecule has 0 atom stereocenters.